The van der Waals surface area contributed by atoms with Gasteiger partial charge in [-0.3, -0.25) is 9.78 Å². The van der Waals surface area contributed by atoms with Crippen LogP contribution in [0.2, 0.25) is 0 Å². The van der Waals surface area contributed by atoms with Gasteiger partial charge in [-0.15, -0.1) is 10.2 Å². The molecule has 2 saturated heterocycles. The van der Waals surface area contributed by atoms with Gasteiger partial charge >= 0.3 is 6.72 Å². The SMILES string of the molecule is Nc1nc2c(nnn2[C@@H]2O[C@H](CO)C[C@H]2OP(O)(=S)OC[C@H]2O[C@@H](n3nnc4c(N)ncnc43)[C@@H](F)[C@@H]2O[PH](O)=S)c(=O)[nH]1. The number of ether oxygens (including phenoxy) is 2. The zero-order valence-corrected chi connectivity index (χ0v) is 25.4. The summed E-state index contributed by atoms with van der Waals surface area (Å²) >= 11 is 9.97. The van der Waals surface area contributed by atoms with Gasteiger partial charge in [-0.2, -0.15) is 14.3 Å². The Hall–Kier alpha value is -2.73. The molecule has 8 N–H and O–H groups in total. The van der Waals surface area contributed by atoms with Gasteiger partial charge in [-0.25, -0.2) is 14.4 Å². The molecule has 238 valence electrons. The summed E-state index contributed by atoms with van der Waals surface area (Å²) < 4.78 is 45.9. The van der Waals surface area contributed by atoms with Gasteiger partial charge in [0.15, 0.2) is 53.9 Å². The molecule has 6 rings (SSSR count). The lowest BCUT2D eigenvalue weighted by molar-refractivity contribution is -0.0600. The summed E-state index contributed by atoms with van der Waals surface area (Å²) in [6, 6.07) is 0. The second-order valence-electron chi connectivity index (χ2n) is 9.46. The number of hydrogen-bond donors (Lipinski definition) is 6. The van der Waals surface area contributed by atoms with Crippen LogP contribution in [0.3, 0.4) is 0 Å². The van der Waals surface area contributed by atoms with Gasteiger partial charge in [0.1, 0.15) is 24.6 Å². The van der Waals surface area contributed by atoms with Gasteiger partial charge in [-0.1, -0.05) is 10.4 Å². The summed E-state index contributed by atoms with van der Waals surface area (Å²) in [7, 11) is -2.85. The average molecular weight is 697 g/mol. The minimum Gasteiger partial charge on any atom is -0.394 e. The number of alkyl halides is 1. The third-order valence-electron chi connectivity index (χ3n) is 6.65. The van der Waals surface area contributed by atoms with E-state index in [-0.39, 0.29) is 40.5 Å². The van der Waals surface area contributed by atoms with Crippen LogP contribution in [0.1, 0.15) is 18.9 Å². The number of nitrogens with zero attached hydrogens (tertiary/aromatic N) is 9. The van der Waals surface area contributed by atoms with E-state index < -0.39 is 75.7 Å². The third kappa shape index (κ3) is 5.96. The van der Waals surface area contributed by atoms with Crippen molar-refractivity contribution in [3.05, 3.63) is 16.7 Å². The maximum absolute atomic E-state index is 15.7. The maximum Gasteiger partial charge on any atom is 0.325 e. The van der Waals surface area contributed by atoms with Crippen LogP contribution in [0, 0.1) is 0 Å². The van der Waals surface area contributed by atoms with E-state index in [9.17, 15) is 19.7 Å². The van der Waals surface area contributed by atoms with Crippen LogP contribution in [0.25, 0.3) is 22.3 Å². The predicted octanol–water partition coefficient (Wildman–Crippen LogP) is -2.07. The van der Waals surface area contributed by atoms with E-state index in [0.717, 1.165) is 15.7 Å². The normalized spacial score (nSPS) is 29.4. The zero-order chi connectivity index (χ0) is 31.3. The first-order valence-electron chi connectivity index (χ1n) is 12.5. The molecule has 26 heteroatoms. The number of aromatic amines is 1. The molecule has 0 aromatic carbocycles. The molecule has 2 unspecified atom stereocenters. The Bertz CT molecular complexity index is 1830. The maximum atomic E-state index is 15.7. The lowest BCUT2D eigenvalue weighted by Gasteiger charge is -2.25. The second kappa shape index (κ2) is 12.2. The van der Waals surface area contributed by atoms with Gasteiger partial charge in [0.25, 0.3) is 5.56 Å². The van der Waals surface area contributed by atoms with Crippen molar-refractivity contribution in [2.75, 3.05) is 24.7 Å². The first-order chi connectivity index (χ1) is 21.0. The van der Waals surface area contributed by atoms with Crippen molar-refractivity contribution in [2.45, 2.75) is 49.5 Å². The van der Waals surface area contributed by atoms with E-state index in [2.05, 4.69) is 40.6 Å². The number of nitrogen functional groups attached to an aromatic ring is 2. The van der Waals surface area contributed by atoms with Gasteiger partial charge in [0, 0.05) is 6.42 Å². The van der Waals surface area contributed by atoms with Crippen LogP contribution < -0.4 is 17.0 Å². The summed E-state index contributed by atoms with van der Waals surface area (Å²) in [6.07, 6.45) is -8.06. The highest BCUT2D eigenvalue weighted by Gasteiger charge is 2.50. The Morgan fingerprint density at radius 2 is 1.91 bits per heavy atom. The van der Waals surface area contributed by atoms with Crippen molar-refractivity contribution < 1.29 is 42.3 Å². The van der Waals surface area contributed by atoms with E-state index in [4.69, 9.17) is 58.1 Å². The first kappa shape index (κ1) is 31.3. The molecule has 0 radical (unpaired) electrons. The molecular formula is C18H23FN12O9P2S2. The first-order valence-corrected chi connectivity index (χ1v) is 17.6. The summed E-state index contributed by atoms with van der Waals surface area (Å²) in [6.45, 7) is -5.18. The Balaban J connectivity index is 1.20. The number of H-pyrrole nitrogens is 1. The third-order valence-corrected chi connectivity index (χ3v) is 9.00. The van der Waals surface area contributed by atoms with Gasteiger partial charge < -0.3 is 49.4 Å². The second-order valence-corrected chi connectivity index (χ2v) is 14.1. The Morgan fingerprint density at radius 1 is 1.18 bits per heavy atom. The fraction of sp³-hybridized carbons (Fsp3) is 0.556. The molecule has 0 saturated carbocycles. The van der Waals surface area contributed by atoms with Crippen LogP contribution in [0.15, 0.2) is 11.1 Å². The van der Waals surface area contributed by atoms with Crippen LogP contribution in [0.4, 0.5) is 16.2 Å². The number of halogens is 1. The van der Waals surface area contributed by atoms with E-state index in [1.54, 1.807) is 0 Å². The van der Waals surface area contributed by atoms with E-state index >= 15 is 4.39 Å². The highest BCUT2D eigenvalue weighted by atomic mass is 32.5. The number of anilines is 2. The number of aliphatic hydroxyl groups excluding tert-OH is 1. The van der Waals surface area contributed by atoms with E-state index in [1.165, 1.54) is 0 Å². The van der Waals surface area contributed by atoms with Crippen molar-refractivity contribution in [3.8, 4) is 0 Å². The van der Waals surface area contributed by atoms with Crippen molar-refractivity contribution in [1.82, 2.24) is 49.9 Å². The molecule has 2 fully saturated rings. The number of aromatic nitrogens is 10. The molecule has 6 heterocycles. The number of fused-ring (bicyclic) bond motifs is 2. The van der Waals surface area contributed by atoms with Crippen LogP contribution in [-0.2, 0) is 46.7 Å². The predicted molar refractivity (Wildman–Crippen MR) is 152 cm³/mol. The van der Waals surface area contributed by atoms with Crippen LogP contribution in [0.5, 0.6) is 0 Å². The highest BCUT2D eigenvalue weighted by molar-refractivity contribution is 8.07. The largest absolute Gasteiger partial charge is 0.394 e. The van der Waals surface area contributed by atoms with Crippen LogP contribution >= 0.6 is 13.9 Å². The molecular weight excluding hydrogens is 673 g/mol. The standard InChI is InChI=1S/C18H23FN12O9P2S2/c19-8-11(39-41(34)43)7(38-17(8)30-13-9(26-28-30)12(20)22-4-23-13)3-36-42(35,44)40-6-1-5(2-32)37-16(6)31-14-10(27-29-31)15(33)25-18(21)24-14/h4-8,11,16-17,32,41H,1-3H2,(H,34,43)(H,35,44)(H2,20,22,23)(H3,21,24,25,33)/t5-,6+,7+,8-,11+,16+,17+,42?/m0/s1. The van der Waals surface area contributed by atoms with E-state index in [0.29, 0.717) is 0 Å². The number of hydrogen-bond acceptors (Lipinski definition) is 18. The van der Waals surface area contributed by atoms with Crippen molar-refractivity contribution in [2.24, 2.45) is 0 Å². The Morgan fingerprint density at radius 3 is 2.64 bits per heavy atom. The Kier molecular flexibility index (Phi) is 8.69. The quantitative estimate of drug-likeness (QED) is 0.0971. The Labute approximate surface area is 254 Å². The summed E-state index contributed by atoms with van der Waals surface area (Å²) in [5, 5.41) is 25.1. The molecule has 21 nitrogen and oxygen atoms in total. The topological polar surface area (TPSA) is 292 Å². The molecule has 2 aliphatic rings. The highest BCUT2D eigenvalue weighted by Crippen LogP contribution is 2.50. The monoisotopic (exact) mass is 696 g/mol. The fourth-order valence-electron chi connectivity index (χ4n) is 4.78. The van der Waals surface area contributed by atoms with Crippen LogP contribution in [-0.4, -0.2) is 109 Å². The fourth-order valence-corrected chi connectivity index (χ4v) is 7.07. The smallest absolute Gasteiger partial charge is 0.325 e. The molecule has 44 heavy (non-hydrogen) atoms. The lowest BCUT2D eigenvalue weighted by atomic mass is 10.1. The van der Waals surface area contributed by atoms with Gasteiger partial charge in [-0.05, 0) is 23.6 Å². The molecule has 0 bridgehead atoms. The van der Waals surface area contributed by atoms with Gasteiger partial charge in [0.2, 0.25) is 5.95 Å². The minimum absolute atomic E-state index is 0.00875. The van der Waals surface area contributed by atoms with Crippen molar-refractivity contribution >= 4 is 71.6 Å². The molecule has 0 aliphatic carbocycles. The van der Waals surface area contributed by atoms with E-state index in [1.807, 2.05) is 0 Å². The lowest BCUT2D eigenvalue weighted by Crippen LogP contribution is -2.33. The summed E-state index contributed by atoms with van der Waals surface area (Å²) in [5.41, 5.74) is 10.8. The van der Waals surface area contributed by atoms with Crippen molar-refractivity contribution in [3.63, 3.8) is 0 Å². The average Bonchev–Trinajstić information content (AvgIpc) is 3.73. The minimum atomic E-state index is -4.17. The van der Waals surface area contributed by atoms with Crippen molar-refractivity contribution in [1.29, 1.82) is 0 Å². The molecule has 0 amide bonds. The molecule has 0 spiro atoms. The zero-order valence-electron chi connectivity index (χ0n) is 21.9. The molecule has 4 aromatic heterocycles. The molecule has 9 atom stereocenters. The summed E-state index contributed by atoms with van der Waals surface area (Å²) in [5.74, 6) is -0.204. The number of rotatable bonds is 10. The number of nitrogens with one attached hydrogen (secondary N) is 1. The number of aliphatic hydroxyl groups is 1. The summed E-state index contributed by atoms with van der Waals surface area (Å²) in [4.78, 5) is 47.1. The molecule has 4 aromatic rings. The van der Waals surface area contributed by atoms with Gasteiger partial charge in [0.05, 0.1) is 19.3 Å². The molecule has 2 aliphatic heterocycles. The number of nitrogens with two attached hydrogens (primary N) is 2.